The van der Waals surface area contributed by atoms with Crippen LogP contribution in [0.15, 0.2) is 57.9 Å². The second-order valence-electron chi connectivity index (χ2n) is 5.98. The molecule has 0 aliphatic carbocycles. The summed E-state index contributed by atoms with van der Waals surface area (Å²) in [7, 11) is -0.878. The molecule has 0 aliphatic rings. The lowest BCUT2D eigenvalue weighted by Crippen LogP contribution is -2.47. The highest BCUT2D eigenvalue weighted by Crippen LogP contribution is 2.19. The number of sulfonamides is 1. The van der Waals surface area contributed by atoms with Gasteiger partial charge < -0.3 is 4.74 Å². The Bertz CT molecular complexity index is 979. The molecule has 2 amide bonds. The lowest BCUT2D eigenvalue weighted by Gasteiger charge is -2.16. The van der Waals surface area contributed by atoms with Gasteiger partial charge in [-0.25, -0.2) is 12.7 Å². The molecule has 28 heavy (non-hydrogen) atoms. The molecule has 2 aromatic carbocycles. The second-order valence-corrected chi connectivity index (χ2v) is 9.04. The summed E-state index contributed by atoms with van der Waals surface area (Å²) in [5.41, 5.74) is 4.60. The number of nitrogens with zero attached hydrogens (tertiary/aromatic N) is 1. The van der Waals surface area contributed by atoms with Gasteiger partial charge in [-0.1, -0.05) is 28.1 Å². The van der Waals surface area contributed by atoms with Crippen molar-refractivity contribution in [2.45, 2.75) is 17.9 Å². The number of ether oxygens (including phenoxy) is 1. The van der Waals surface area contributed by atoms with Gasteiger partial charge in [-0.2, -0.15) is 0 Å². The highest BCUT2D eigenvalue weighted by molar-refractivity contribution is 9.10. The maximum Gasteiger partial charge on any atom is 0.279 e. The van der Waals surface area contributed by atoms with Crippen LogP contribution in [0.5, 0.6) is 5.75 Å². The number of rotatable bonds is 6. The maximum atomic E-state index is 12.2. The van der Waals surface area contributed by atoms with E-state index >= 15 is 0 Å². The van der Waals surface area contributed by atoms with Crippen molar-refractivity contribution in [3.63, 3.8) is 0 Å². The third-order valence-corrected chi connectivity index (χ3v) is 5.96. The molecule has 1 atom stereocenters. The largest absolute Gasteiger partial charge is 0.481 e. The van der Waals surface area contributed by atoms with Gasteiger partial charge in [0, 0.05) is 24.1 Å². The van der Waals surface area contributed by atoms with Crippen LogP contribution in [0.3, 0.4) is 0 Å². The normalized spacial score (nSPS) is 12.3. The summed E-state index contributed by atoms with van der Waals surface area (Å²) in [5, 5.41) is 0. The van der Waals surface area contributed by atoms with Crippen LogP contribution >= 0.6 is 15.9 Å². The number of hydrazine groups is 1. The van der Waals surface area contributed by atoms with Crippen molar-refractivity contribution in [2.24, 2.45) is 0 Å². The molecule has 0 spiro atoms. The molecule has 1 unspecified atom stereocenters. The average molecular weight is 470 g/mol. The molecular weight excluding hydrogens is 450 g/mol. The van der Waals surface area contributed by atoms with E-state index in [1.54, 1.807) is 18.2 Å². The minimum atomic E-state index is -3.67. The molecule has 0 radical (unpaired) electrons. The Morgan fingerprint density at radius 2 is 1.75 bits per heavy atom. The van der Waals surface area contributed by atoms with Crippen molar-refractivity contribution in [1.82, 2.24) is 15.2 Å². The monoisotopic (exact) mass is 469 g/mol. The summed E-state index contributed by atoms with van der Waals surface area (Å²) < 4.78 is 31.7. The van der Waals surface area contributed by atoms with Gasteiger partial charge in [0.2, 0.25) is 10.0 Å². The van der Waals surface area contributed by atoms with Crippen molar-refractivity contribution in [3.8, 4) is 5.75 Å². The van der Waals surface area contributed by atoms with Crippen molar-refractivity contribution >= 4 is 37.8 Å². The highest BCUT2D eigenvalue weighted by atomic mass is 79.9. The fourth-order valence-corrected chi connectivity index (χ4v) is 3.43. The Balaban J connectivity index is 1.99. The minimum absolute atomic E-state index is 0.0252. The number of benzene rings is 2. The summed E-state index contributed by atoms with van der Waals surface area (Å²) >= 11 is 3.31. The molecule has 10 heteroatoms. The maximum absolute atomic E-state index is 12.2. The van der Waals surface area contributed by atoms with Gasteiger partial charge in [0.15, 0.2) is 6.10 Å². The van der Waals surface area contributed by atoms with Crippen LogP contribution in [-0.4, -0.2) is 44.7 Å². The first-order chi connectivity index (χ1) is 13.1. The van der Waals surface area contributed by atoms with Crippen LogP contribution in [0.1, 0.15) is 17.3 Å². The Kier molecular flexibility index (Phi) is 7.17. The molecule has 0 saturated heterocycles. The number of nitrogens with one attached hydrogen (secondary N) is 2. The molecule has 2 aromatic rings. The van der Waals surface area contributed by atoms with Gasteiger partial charge >= 0.3 is 0 Å². The van der Waals surface area contributed by atoms with Crippen LogP contribution in [-0.2, 0) is 14.8 Å². The summed E-state index contributed by atoms with van der Waals surface area (Å²) in [6.07, 6.45) is -0.866. The van der Waals surface area contributed by atoms with Gasteiger partial charge in [-0.3, -0.25) is 20.4 Å². The Morgan fingerprint density at radius 3 is 2.39 bits per heavy atom. The molecule has 0 fully saturated rings. The zero-order valence-corrected chi connectivity index (χ0v) is 17.9. The third-order valence-electron chi connectivity index (χ3n) is 3.65. The van der Waals surface area contributed by atoms with Crippen molar-refractivity contribution in [2.75, 3.05) is 14.1 Å². The second kappa shape index (κ2) is 9.18. The fraction of sp³-hybridized carbons (Fsp3) is 0.222. The number of hydrogen-bond donors (Lipinski definition) is 2. The molecule has 0 saturated carbocycles. The van der Waals surface area contributed by atoms with E-state index < -0.39 is 27.9 Å². The average Bonchev–Trinajstić information content (AvgIpc) is 2.65. The van der Waals surface area contributed by atoms with Gasteiger partial charge in [0.05, 0.1) is 4.90 Å². The zero-order chi connectivity index (χ0) is 20.9. The van der Waals surface area contributed by atoms with E-state index in [1.165, 1.54) is 45.3 Å². The first-order valence-electron chi connectivity index (χ1n) is 8.16. The van der Waals surface area contributed by atoms with Crippen LogP contribution < -0.4 is 15.6 Å². The lowest BCUT2D eigenvalue weighted by molar-refractivity contribution is -0.128. The van der Waals surface area contributed by atoms with E-state index in [1.807, 2.05) is 6.07 Å². The Labute approximate surface area is 172 Å². The van der Waals surface area contributed by atoms with Gasteiger partial charge in [0.1, 0.15) is 5.75 Å². The Morgan fingerprint density at radius 1 is 1.07 bits per heavy atom. The van der Waals surface area contributed by atoms with Crippen LogP contribution in [0, 0.1) is 0 Å². The number of carbonyl (C=O) groups is 2. The van der Waals surface area contributed by atoms with E-state index in [2.05, 4.69) is 26.8 Å². The van der Waals surface area contributed by atoms with Crippen molar-refractivity contribution in [3.05, 3.63) is 58.6 Å². The SMILES string of the molecule is CC(Oc1cccc(Br)c1)C(=O)NNC(=O)c1cccc(S(=O)(=O)N(C)C)c1. The van der Waals surface area contributed by atoms with Gasteiger partial charge in [-0.15, -0.1) is 0 Å². The zero-order valence-electron chi connectivity index (χ0n) is 15.5. The predicted octanol–water partition coefficient (Wildman–Crippen LogP) is 1.93. The van der Waals surface area contributed by atoms with Gasteiger partial charge in [-0.05, 0) is 43.3 Å². The quantitative estimate of drug-likeness (QED) is 0.628. The molecular formula is C18H20BrN3O5S. The third kappa shape index (κ3) is 5.54. The standard InChI is InChI=1S/C18H20BrN3O5S/c1-12(27-15-8-5-7-14(19)11-15)17(23)20-21-18(24)13-6-4-9-16(10-13)28(25,26)22(2)3/h4-12H,1-3H3,(H,20,23)(H,21,24). The smallest absolute Gasteiger partial charge is 0.279 e. The molecule has 8 nitrogen and oxygen atoms in total. The van der Waals surface area contributed by atoms with Crippen molar-refractivity contribution < 1.29 is 22.7 Å². The van der Waals surface area contributed by atoms with E-state index in [4.69, 9.17) is 4.74 Å². The minimum Gasteiger partial charge on any atom is -0.481 e. The molecule has 2 N–H and O–H groups in total. The molecule has 2 rings (SSSR count). The van der Waals surface area contributed by atoms with E-state index in [-0.39, 0.29) is 10.5 Å². The van der Waals surface area contributed by atoms with E-state index in [9.17, 15) is 18.0 Å². The molecule has 150 valence electrons. The predicted molar refractivity (Wildman–Crippen MR) is 107 cm³/mol. The summed E-state index contributed by atoms with van der Waals surface area (Å²) in [6, 6.07) is 12.5. The molecule has 0 aromatic heterocycles. The van der Waals surface area contributed by atoms with Crippen LogP contribution in [0.2, 0.25) is 0 Å². The van der Waals surface area contributed by atoms with Gasteiger partial charge in [0.25, 0.3) is 11.8 Å². The fourth-order valence-electron chi connectivity index (χ4n) is 2.10. The Hall–Kier alpha value is -2.43. The molecule has 0 bridgehead atoms. The summed E-state index contributed by atoms with van der Waals surface area (Å²) in [5.74, 6) is -0.728. The molecule has 0 heterocycles. The molecule has 0 aliphatic heterocycles. The lowest BCUT2D eigenvalue weighted by atomic mass is 10.2. The van der Waals surface area contributed by atoms with E-state index in [0.29, 0.717) is 5.75 Å². The van der Waals surface area contributed by atoms with Crippen LogP contribution in [0.25, 0.3) is 0 Å². The summed E-state index contributed by atoms with van der Waals surface area (Å²) in [4.78, 5) is 24.3. The summed E-state index contributed by atoms with van der Waals surface area (Å²) in [6.45, 7) is 1.53. The number of carbonyl (C=O) groups excluding carboxylic acids is 2. The van der Waals surface area contributed by atoms with E-state index in [0.717, 1.165) is 8.78 Å². The first-order valence-corrected chi connectivity index (χ1v) is 10.4. The number of halogens is 1. The van der Waals surface area contributed by atoms with Crippen LogP contribution in [0.4, 0.5) is 0 Å². The van der Waals surface area contributed by atoms with Crippen molar-refractivity contribution in [1.29, 1.82) is 0 Å². The number of amides is 2. The highest BCUT2D eigenvalue weighted by Gasteiger charge is 2.20. The first kappa shape index (κ1) is 21.9. The number of hydrogen-bond acceptors (Lipinski definition) is 5. The topological polar surface area (TPSA) is 105 Å².